The van der Waals surface area contributed by atoms with Crippen molar-refractivity contribution in [2.45, 2.75) is 12.3 Å². The Morgan fingerprint density at radius 3 is 2.46 bits per heavy atom. The van der Waals surface area contributed by atoms with Gasteiger partial charge in [-0.15, -0.1) is 0 Å². The van der Waals surface area contributed by atoms with Gasteiger partial charge in [-0.1, -0.05) is 54.6 Å². The number of carbonyl (C=O) groups is 3. The van der Waals surface area contributed by atoms with Crippen LogP contribution in [0.4, 0.5) is 4.79 Å². The predicted octanol–water partition coefficient (Wildman–Crippen LogP) is 3.03. The Bertz CT molecular complexity index is 1130. The van der Waals surface area contributed by atoms with Crippen molar-refractivity contribution in [2.24, 2.45) is 11.3 Å². The van der Waals surface area contributed by atoms with Crippen molar-refractivity contribution in [1.82, 2.24) is 10.2 Å². The summed E-state index contributed by atoms with van der Waals surface area (Å²) in [6, 6.07) is 16.3. The number of rotatable bonds is 6. The number of aliphatic carboxylic acids is 1. The fourth-order valence-electron chi connectivity index (χ4n) is 5.52. The zero-order valence-corrected chi connectivity index (χ0v) is 19.3. The van der Waals surface area contributed by atoms with E-state index in [0.717, 1.165) is 22.3 Å². The molecule has 2 amide bonds. The normalized spacial score (nSPS) is 23.0. The van der Waals surface area contributed by atoms with E-state index in [4.69, 9.17) is 9.47 Å². The molecule has 0 spiro atoms. The molecule has 2 heterocycles. The van der Waals surface area contributed by atoms with E-state index in [9.17, 15) is 19.5 Å². The summed E-state index contributed by atoms with van der Waals surface area (Å²) in [6.07, 6.45) is 2.77. The molecular formula is C27H28N2O6. The molecule has 2 fully saturated rings. The number of hydrogen-bond donors (Lipinski definition) is 2. The van der Waals surface area contributed by atoms with Gasteiger partial charge in [-0.05, 0) is 28.7 Å². The smallest absolute Gasteiger partial charge is 0.407 e. The lowest BCUT2D eigenvalue weighted by Crippen LogP contribution is -2.45. The van der Waals surface area contributed by atoms with E-state index in [-0.39, 0.29) is 37.4 Å². The topological polar surface area (TPSA) is 105 Å². The second-order valence-corrected chi connectivity index (χ2v) is 9.31. The van der Waals surface area contributed by atoms with Gasteiger partial charge < -0.3 is 24.8 Å². The molecule has 5 rings (SSSR count). The molecule has 2 unspecified atom stereocenters. The summed E-state index contributed by atoms with van der Waals surface area (Å²) in [4.78, 5) is 38.3. The molecular weight excluding hydrogens is 448 g/mol. The predicted molar refractivity (Wildman–Crippen MR) is 128 cm³/mol. The van der Waals surface area contributed by atoms with E-state index >= 15 is 0 Å². The number of carboxylic acid groups (broad SMARTS) is 1. The summed E-state index contributed by atoms with van der Waals surface area (Å²) in [5.41, 5.74) is 3.68. The summed E-state index contributed by atoms with van der Waals surface area (Å²) in [5.74, 6) is -1.36. The number of carbonyl (C=O) groups excluding carboxylic acids is 2. The Hall–Kier alpha value is -3.65. The van der Waals surface area contributed by atoms with Gasteiger partial charge >= 0.3 is 12.1 Å². The van der Waals surface area contributed by atoms with E-state index in [1.807, 2.05) is 24.3 Å². The van der Waals surface area contributed by atoms with Crippen LogP contribution in [-0.4, -0.2) is 67.4 Å². The average Bonchev–Trinajstić information content (AvgIpc) is 3.43. The highest BCUT2D eigenvalue weighted by atomic mass is 16.5. The minimum absolute atomic E-state index is 0.0190. The molecule has 3 aliphatic rings. The van der Waals surface area contributed by atoms with Gasteiger partial charge in [0, 0.05) is 44.2 Å². The lowest BCUT2D eigenvalue weighted by molar-refractivity contribution is -0.157. The Labute approximate surface area is 203 Å². The van der Waals surface area contributed by atoms with Crippen molar-refractivity contribution < 1.29 is 29.0 Å². The van der Waals surface area contributed by atoms with E-state index in [1.165, 1.54) is 6.08 Å². The first kappa shape index (κ1) is 23.1. The highest BCUT2D eigenvalue weighted by Gasteiger charge is 2.54. The maximum Gasteiger partial charge on any atom is 0.407 e. The van der Waals surface area contributed by atoms with Gasteiger partial charge in [0.1, 0.15) is 6.61 Å². The van der Waals surface area contributed by atoms with E-state index < -0.39 is 17.5 Å². The summed E-state index contributed by atoms with van der Waals surface area (Å²) in [5, 5.41) is 12.4. The molecule has 0 bridgehead atoms. The Morgan fingerprint density at radius 2 is 1.80 bits per heavy atom. The first-order valence-corrected chi connectivity index (χ1v) is 11.8. The standard InChI is InChI=1S/C27H28N2O6/c30-24(29-14-18-15-34-13-11-27(18,17-29)25(31)32)10-5-12-28-26(33)35-16-23-21-8-3-1-6-19(21)20-7-2-4-9-22(20)23/h1-10,18,23H,11-17H2,(H,28,33)(H,31,32)/b10-5+. The monoisotopic (exact) mass is 476 g/mol. The maximum absolute atomic E-state index is 12.6. The van der Waals surface area contributed by atoms with Crippen LogP contribution < -0.4 is 5.32 Å². The summed E-state index contributed by atoms with van der Waals surface area (Å²) in [7, 11) is 0. The second kappa shape index (κ2) is 9.54. The molecule has 1 aliphatic carbocycles. The fourth-order valence-corrected chi connectivity index (χ4v) is 5.52. The van der Waals surface area contributed by atoms with Crippen molar-refractivity contribution >= 4 is 18.0 Å². The van der Waals surface area contributed by atoms with E-state index in [0.29, 0.717) is 26.2 Å². The van der Waals surface area contributed by atoms with Gasteiger partial charge in [0.25, 0.3) is 0 Å². The number of ether oxygens (including phenoxy) is 2. The van der Waals surface area contributed by atoms with Crippen LogP contribution in [0.5, 0.6) is 0 Å². The summed E-state index contributed by atoms with van der Waals surface area (Å²) in [6.45, 7) is 1.63. The highest BCUT2D eigenvalue weighted by Crippen LogP contribution is 2.44. The Kier molecular flexibility index (Phi) is 6.30. The van der Waals surface area contributed by atoms with Gasteiger partial charge in [-0.2, -0.15) is 0 Å². The van der Waals surface area contributed by atoms with Gasteiger partial charge in [0.15, 0.2) is 0 Å². The summed E-state index contributed by atoms with van der Waals surface area (Å²) >= 11 is 0. The largest absolute Gasteiger partial charge is 0.481 e. The first-order valence-electron chi connectivity index (χ1n) is 11.8. The number of alkyl carbamates (subject to hydrolysis) is 1. The zero-order chi connectivity index (χ0) is 24.4. The highest BCUT2D eigenvalue weighted by molar-refractivity contribution is 5.89. The van der Waals surface area contributed by atoms with E-state index in [1.54, 1.807) is 11.0 Å². The summed E-state index contributed by atoms with van der Waals surface area (Å²) < 4.78 is 10.9. The van der Waals surface area contributed by atoms with Gasteiger partial charge in [-0.25, -0.2) is 4.79 Å². The van der Waals surface area contributed by atoms with Gasteiger partial charge in [-0.3, -0.25) is 9.59 Å². The molecule has 182 valence electrons. The molecule has 2 aromatic rings. The lowest BCUT2D eigenvalue weighted by atomic mass is 9.74. The molecule has 8 nitrogen and oxygen atoms in total. The van der Waals surface area contributed by atoms with Crippen LogP contribution in [0.2, 0.25) is 0 Å². The van der Waals surface area contributed by atoms with Crippen molar-refractivity contribution in [1.29, 1.82) is 0 Å². The molecule has 8 heteroatoms. The third-order valence-electron chi connectivity index (χ3n) is 7.41. The van der Waals surface area contributed by atoms with Crippen molar-refractivity contribution in [3.8, 4) is 11.1 Å². The van der Waals surface area contributed by atoms with Gasteiger partial charge in [0.2, 0.25) is 5.91 Å². The van der Waals surface area contributed by atoms with Crippen LogP contribution in [0.15, 0.2) is 60.7 Å². The van der Waals surface area contributed by atoms with Crippen LogP contribution in [-0.2, 0) is 19.1 Å². The average molecular weight is 477 g/mol. The Morgan fingerprint density at radius 1 is 1.11 bits per heavy atom. The van der Waals surface area contributed by atoms with Crippen LogP contribution >= 0.6 is 0 Å². The van der Waals surface area contributed by atoms with Crippen LogP contribution in [0.3, 0.4) is 0 Å². The molecule has 0 radical (unpaired) electrons. The number of benzene rings is 2. The SMILES string of the molecule is O=C(NC/C=C/C(=O)N1CC2COCCC2(C(=O)O)C1)OCC1c2ccccc2-c2ccccc21. The maximum atomic E-state index is 12.6. The van der Waals surface area contributed by atoms with Crippen molar-refractivity contribution in [2.75, 3.05) is 39.5 Å². The van der Waals surface area contributed by atoms with Crippen LogP contribution in [0.1, 0.15) is 23.5 Å². The third-order valence-corrected chi connectivity index (χ3v) is 7.41. The number of fused-ring (bicyclic) bond motifs is 4. The van der Waals surface area contributed by atoms with Crippen LogP contribution in [0.25, 0.3) is 11.1 Å². The van der Waals surface area contributed by atoms with Crippen molar-refractivity contribution in [3.63, 3.8) is 0 Å². The minimum atomic E-state index is -0.929. The lowest BCUT2D eigenvalue weighted by Gasteiger charge is -2.33. The number of amides is 2. The fraction of sp³-hybridized carbons (Fsp3) is 0.370. The Balaban J connectivity index is 1.11. The molecule has 0 saturated carbocycles. The zero-order valence-electron chi connectivity index (χ0n) is 19.3. The molecule has 2 aromatic carbocycles. The number of hydrogen-bond acceptors (Lipinski definition) is 5. The molecule has 0 aromatic heterocycles. The number of likely N-dealkylation sites (tertiary alicyclic amines) is 1. The second-order valence-electron chi connectivity index (χ2n) is 9.31. The van der Waals surface area contributed by atoms with Crippen LogP contribution in [0, 0.1) is 11.3 Å². The third kappa shape index (κ3) is 4.30. The quantitative estimate of drug-likeness (QED) is 0.621. The minimum Gasteiger partial charge on any atom is -0.481 e. The number of carboxylic acids is 1. The first-order chi connectivity index (χ1) is 17.0. The van der Waals surface area contributed by atoms with E-state index in [2.05, 4.69) is 29.6 Å². The molecule has 35 heavy (non-hydrogen) atoms. The number of nitrogens with one attached hydrogen (secondary N) is 1. The van der Waals surface area contributed by atoms with Gasteiger partial charge in [0.05, 0.1) is 12.0 Å². The van der Waals surface area contributed by atoms with Crippen molar-refractivity contribution in [3.05, 3.63) is 71.8 Å². The molecule has 2 atom stereocenters. The molecule has 2 aliphatic heterocycles. The number of nitrogens with zero attached hydrogens (tertiary/aromatic N) is 1. The molecule has 2 saturated heterocycles. The molecule has 2 N–H and O–H groups in total.